The smallest absolute Gasteiger partial charge is 0.403 e. The molecule has 5 heteroatoms. The molecule has 0 saturated heterocycles. The Kier molecular flexibility index (Phi) is 4.37. The lowest BCUT2D eigenvalue weighted by Crippen LogP contribution is -2.18. The topological polar surface area (TPSA) is 9.23 Å². The van der Waals surface area contributed by atoms with Crippen molar-refractivity contribution < 1.29 is 22.3 Å². The van der Waals surface area contributed by atoms with E-state index in [0.717, 1.165) is 25.0 Å². The minimum Gasteiger partial charge on any atom is -0.403 e. The quantitative estimate of drug-likeness (QED) is 0.708. The molecule has 1 aromatic carbocycles. The van der Waals surface area contributed by atoms with E-state index in [1.807, 2.05) is 13.8 Å². The van der Waals surface area contributed by atoms with Gasteiger partial charge in [0.25, 0.3) is 0 Å². The van der Waals surface area contributed by atoms with Gasteiger partial charge in [-0.25, -0.2) is 4.39 Å². The van der Waals surface area contributed by atoms with Crippen LogP contribution >= 0.6 is 0 Å². The van der Waals surface area contributed by atoms with Gasteiger partial charge in [0, 0.05) is 0 Å². The Balaban J connectivity index is 2.94. The lowest BCUT2D eigenvalue weighted by Gasteiger charge is -2.14. The largest absolute Gasteiger partial charge is 0.573 e. The van der Waals surface area contributed by atoms with Gasteiger partial charge in [-0.05, 0) is 30.0 Å². The highest BCUT2D eigenvalue weighted by molar-refractivity contribution is 5.32. The summed E-state index contributed by atoms with van der Waals surface area (Å²) >= 11 is 0. The predicted molar refractivity (Wildman–Crippen MR) is 56.4 cm³/mol. The molecular formula is C12H14F4O. The van der Waals surface area contributed by atoms with E-state index in [2.05, 4.69) is 4.74 Å². The maximum atomic E-state index is 13.1. The molecular weight excluding hydrogens is 236 g/mol. The van der Waals surface area contributed by atoms with E-state index in [1.54, 1.807) is 0 Å². The maximum Gasteiger partial charge on any atom is 0.573 e. The minimum atomic E-state index is -4.87. The van der Waals surface area contributed by atoms with Crippen molar-refractivity contribution in [1.82, 2.24) is 0 Å². The van der Waals surface area contributed by atoms with Gasteiger partial charge in [-0.2, -0.15) is 0 Å². The number of halogens is 4. The number of rotatable bonds is 4. The summed E-state index contributed by atoms with van der Waals surface area (Å²) in [6.07, 6.45) is -3.13. The molecule has 0 aliphatic carbocycles. The Morgan fingerprint density at radius 2 is 1.94 bits per heavy atom. The summed E-state index contributed by atoms with van der Waals surface area (Å²) < 4.78 is 52.8. The first kappa shape index (κ1) is 13.8. The fourth-order valence-corrected chi connectivity index (χ4v) is 1.63. The fourth-order valence-electron chi connectivity index (χ4n) is 1.63. The molecule has 0 radical (unpaired) electrons. The van der Waals surface area contributed by atoms with Crippen molar-refractivity contribution in [2.75, 3.05) is 0 Å². The van der Waals surface area contributed by atoms with E-state index in [4.69, 9.17) is 0 Å². The summed E-state index contributed by atoms with van der Waals surface area (Å²) in [7, 11) is 0. The number of benzene rings is 1. The highest BCUT2D eigenvalue weighted by atomic mass is 19.4. The summed E-state index contributed by atoms with van der Waals surface area (Å²) in [4.78, 5) is 0. The summed E-state index contributed by atoms with van der Waals surface area (Å²) in [5.41, 5.74) is 0.646. The first-order valence-electron chi connectivity index (χ1n) is 5.38. The van der Waals surface area contributed by atoms with Crippen LogP contribution in [0, 0.1) is 5.82 Å². The van der Waals surface area contributed by atoms with E-state index < -0.39 is 17.9 Å². The Hall–Kier alpha value is -1.26. The van der Waals surface area contributed by atoms with Crippen LogP contribution in [0.5, 0.6) is 5.75 Å². The Morgan fingerprint density at radius 3 is 2.47 bits per heavy atom. The summed E-state index contributed by atoms with van der Waals surface area (Å²) in [6.45, 7) is 3.86. The molecule has 0 aliphatic heterocycles. The van der Waals surface area contributed by atoms with Gasteiger partial charge in [-0.1, -0.05) is 26.3 Å². The van der Waals surface area contributed by atoms with E-state index in [9.17, 15) is 17.6 Å². The zero-order chi connectivity index (χ0) is 13.1. The molecule has 0 N–H and O–H groups in total. The van der Waals surface area contributed by atoms with Crippen molar-refractivity contribution in [2.45, 2.75) is 39.0 Å². The van der Waals surface area contributed by atoms with Crippen LogP contribution in [0.1, 0.15) is 38.2 Å². The van der Waals surface area contributed by atoms with Gasteiger partial charge in [0.15, 0.2) is 11.6 Å². The molecule has 1 unspecified atom stereocenters. The van der Waals surface area contributed by atoms with Crippen LogP contribution in [0.25, 0.3) is 0 Å². The molecule has 0 bridgehead atoms. The average molecular weight is 250 g/mol. The molecule has 0 saturated carbocycles. The molecule has 0 aromatic heterocycles. The predicted octanol–water partition coefficient (Wildman–Crippen LogP) is 4.63. The lowest BCUT2D eigenvalue weighted by molar-refractivity contribution is -0.275. The number of hydrogen-bond acceptors (Lipinski definition) is 1. The minimum absolute atomic E-state index is 0.0798. The van der Waals surface area contributed by atoms with Gasteiger partial charge in [0.05, 0.1) is 0 Å². The van der Waals surface area contributed by atoms with Gasteiger partial charge in [0.1, 0.15) is 0 Å². The van der Waals surface area contributed by atoms with Crippen LogP contribution in [0.3, 0.4) is 0 Å². The third kappa shape index (κ3) is 4.24. The zero-order valence-electron chi connectivity index (χ0n) is 9.64. The second kappa shape index (κ2) is 5.38. The zero-order valence-corrected chi connectivity index (χ0v) is 9.64. The van der Waals surface area contributed by atoms with Gasteiger partial charge < -0.3 is 4.74 Å². The third-order valence-electron chi connectivity index (χ3n) is 2.47. The second-order valence-corrected chi connectivity index (χ2v) is 3.93. The van der Waals surface area contributed by atoms with Crippen LogP contribution in [0.4, 0.5) is 17.6 Å². The normalized spacial score (nSPS) is 13.5. The highest BCUT2D eigenvalue weighted by Crippen LogP contribution is 2.30. The van der Waals surface area contributed by atoms with Crippen molar-refractivity contribution in [3.05, 3.63) is 29.6 Å². The van der Waals surface area contributed by atoms with Crippen molar-refractivity contribution >= 4 is 0 Å². The van der Waals surface area contributed by atoms with Crippen molar-refractivity contribution in [3.63, 3.8) is 0 Å². The van der Waals surface area contributed by atoms with Gasteiger partial charge in [0.2, 0.25) is 0 Å². The molecule has 0 fully saturated rings. The first-order valence-corrected chi connectivity index (χ1v) is 5.38. The van der Waals surface area contributed by atoms with Crippen LogP contribution < -0.4 is 4.74 Å². The van der Waals surface area contributed by atoms with Crippen molar-refractivity contribution in [3.8, 4) is 5.75 Å². The molecule has 0 heterocycles. The molecule has 0 amide bonds. The number of alkyl halides is 3. The molecule has 1 rings (SSSR count). The lowest BCUT2D eigenvalue weighted by atomic mass is 9.96. The van der Waals surface area contributed by atoms with Gasteiger partial charge >= 0.3 is 6.36 Å². The average Bonchev–Trinajstić information content (AvgIpc) is 2.19. The summed E-state index contributed by atoms with van der Waals surface area (Å²) in [6, 6.07) is 3.60. The highest BCUT2D eigenvalue weighted by Gasteiger charge is 2.32. The Bertz CT molecular complexity index is 373. The molecule has 96 valence electrons. The number of ether oxygens (including phenoxy) is 1. The van der Waals surface area contributed by atoms with Crippen LogP contribution in [-0.2, 0) is 0 Å². The first-order chi connectivity index (χ1) is 7.83. The molecule has 17 heavy (non-hydrogen) atoms. The van der Waals surface area contributed by atoms with Gasteiger partial charge in [-0.3, -0.25) is 0 Å². The third-order valence-corrected chi connectivity index (χ3v) is 2.47. The van der Waals surface area contributed by atoms with Crippen LogP contribution in [-0.4, -0.2) is 6.36 Å². The molecule has 1 atom stereocenters. The fraction of sp³-hybridized carbons (Fsp3) is 0.500. The summed E-state index contributed by atoms with van der Waals surface area (Å²) in [5.74, 6) is -1.69. The second-order valence-electron chi connectivity index (χ2n) is 3.93. The Labute approximate surface area is 97.4 Å². The summed E-state index contributed by atoms with van der Waals surface area (Å²) in [5, 5.41) is 0. The van der Waals surface area contributed by atoms with E-state index >= 15 is 0 Å². The van der Waals surface area contributed by atoms with E-state index in [-0.39, 0.29) is 5.92 Å². The molecule has 0 spiro atoms. The van der Waals surface area contributed by atoms with Crippen molar-refractivity contribution in [1.29, 1.82) is 0 Å². The van der Waals surface area contributed by atoms with E-state index in [1.165, 1.54) is 6.07 Å². The van der Waals surface area contributed by atoms with E-state index in [0.29, 0.717) is 5.56 Å². The monoisotopic (exact) mass is 250 g/mol. The van der Waals surface area contributed by atoms with Crippen LogP contribution in [0.2, 0.25) is 0 Å². The molecule has 1 nitrogen and oxygen atoms in total. The van der Waals surface area contributed by atoms with Gasteiger partial charge in [-0.15, -0.1) is 13.2 Å². The maximum absolute atomic E-state index is 13.1. The SMILES string of the molecule is CCCC(C)c1ccc(F)c(OC(F)(F)F)c1. The van der Waals surface area contributed by atoms with Crippen molar-refractivity contribution in [2.24, 2.45) is 0 Å². The van der Waals surface area contributed by atoms with Crippen LogP contribution in [0.15, 0.2) is 18.2 Å². The molecule has 1 aromatic rings. The molecule has 0 aliphatic rings. The standard InChI is InChI=1S/C12H14F4O/c1-3-4-8(2)9-5-6-10(13)11(7-9)17-12(14,15)16/h5-8H,3-4H2,1-2H3. The Morgan fingerprint density at radius 1 is 1.29 bits per heavy atom. The number of hydrogen-bond donors (Lipinski definition) is 0.